The second-order valence-electron chi connectivity index (χ2n) is 5.22. The van der Waals surface area contributed by atoms with E-state index < -0.39 is 10.0 Å². The van der Waals surface area contributed by atoms with Crippen molar-refractivity contribution in [3.05, 3.63) is 18.5 Å². The third-order valence-electron chi connectivity index (χ3n) is 3.63. The highest BCUT2D eigenvalue weighted by atomic mass is 32.2. The van der Waals surface area contributed by atoms with Gasteiger partial charge in [0.1, 0.15) is 4.90 Å². The lowest BCUT2D eigenvalue weighted by atomic mass is 10.1. The van der Waals surface area contributed by atoms with Gasteiger partial charge in [-0.1, -0.05) is 0 Å². The molecule has 1 aliphatic rings. The predicted molar refractivity (Wildman–Crippen MR) is 77.5 cm³/mol. The van der Waals surface area contributed by atoms with Crippen LogP contribution in [-0.4, -0.2) is 56.3 Å². The molecule has 1 saturated heterocycles. The van der Waals surface area contributed by atoms with Gasteiger partial charge in [-0.25, -0.2) is 12.7 Å². The van der Waals surface area contributed by atoms with Crippen LogP contribution in [-0.2, 0) is 10.0 Å². The predicted octanol–water partition coefficient (Wildman–Crippen LogP) is -0.0606. The molecule has 112 valence electrons. The highest BCUT2D eigenvalue weighted by molar-refractivity contribution is 7.89. The fraction of sp³-hybridized carbons (Fsp3) is 0.583. The first kappa shape index (κ1) is 15.2. The molecule has 0 radical (unpaired) electrons. The molecule has 1 atom stereocenters. The number of hydrogen-bond acceptors (Lipinski definition) is 6. The molecule has 2 heterocycles. The number of likely N-dealkylation sites (tertiary alicyclic amines) is 1. The first-order valence-electron chi connectivity index (χ1n) is 6.50. The van der Waals surface area contributed by atoms with Gasteiger partial charge in [0.25, 0.3) is 0 Å². The third kappa shape index (κ3) is 3.09. The van der Waals surface area contributed by atoms with Gasteiger partial charge in [0.2, 0.25) is 10.0 Å². The highest BCUT2D eigenvalue weighted by Crippen LogP contribution is 2.24. The molecule has 3 N–H and O–H groups in total. The molecule has 0 spiro atoms. The first-order chi connectivity index (χ1) is 9.45. The SMILES string of the molecule is CN1CCC(CN(C)S(=O)(=O)c2cnccc2NN)C1. The summed E-state index contributed by atoms with van der Waals surface area (Å²) in [5.74, 6) is 5.73. The van der Waals surface area contributed by atoms with Crippen molar-refractivity contribution >= 4 is 15.7 Å². The lowest BCUT2D eigenvalue weighted by Gasteiger charge is -2.21. The minimum absolute atomic E-state index is 0.108. The number of nitrogens with zero attached hydrogens (tertiary/aromatic N) is 3. The van der Waals surface area contributed by atoms with Crippen LogP contribution in [0.4, 0.5) is 5.69 Å². The first-order valence-corrected chi connectivity index (χ1v) is 7.94. The number of sulfonamides is 1. The number of nitrogen functional groups attached to an aromatic ring is 1. The largest absolute Gasteiger partial charge is 0.323 e. The summed E-state index contributed by atoms with van der Waals surface area (Å²) in [6.07, 6.45) is 3.84. The Hall–Kier alpha value is -1.22. The lowest BCUT2D eigenvalue weighted by Crippen LogP contribution is -2.33. The summed E-state index contributed by atoms with van der Waals surface area (Å²) in [7, 11) is 0.0690. The van der Waals surface area contributed by atoms with Gasteiger partial charge < -0.3 is 10.3 Å². The van der Waals surface area contributed by atoms with Crippen molar-refractivity contribution in [2.75, 3.05) is 39.2 Å². The molecular formula is C12H21N5O2S. The smallest absolute Gasteiger partial charge is 0.246 e. The van der Waals surface area contributed by atoms with Crippen LogP contribution in [0.1, 0.15) is 6.42 Å². The fourth-order valence-electron chi connectivity index (χ4n) is 2.51. The normalized spacial score (nSPS) is 20.5. The minimum atomic E-state index is -3.58. The van der Waals surface area contributed by atoms with Crippen LogP contribution in [0, 0.1) is 5.92 Å². The topological polar surface area (TPSA) is 91.6 Å². The zero-order chi connectivity index (χ0) is 14.8. The summed E-state index contributed by atoms with van der Waals surface area (Å²) in [5, 5.41) is 0. The highest BCUT2D eigenvalue weighted by Gasteiger charge is 2.28. The number of nitrogens with one attached hydrogen (secondary N) is 1. The van der Waals surface area contributed by atoms with E-state index in [1.165, 1.54) is 16.7 Å². The molecule has 0 saturated carbocycles. The second-order valence-corrected chi connectivity index (χ2v) is 7.23. The summed E-state index contributed by atoms with van der Waals surface area (Å²) >= 11 is 0. The van der Waals surface area contributed by atoms with Crippen molar-refractivity contribution < 1.29 is 8.42 Å². The Labute approximate surface area is 119 Å². The monoisotopic (exact) mass is 299 g/mol. The van der Waals surface area contributed by atoms with Gasteiger partial charge in [-0.2, -0.15) is 0 Å². The number of nitrogens with two attached hydrogens (primary N) is 1. The van der Waals surface area contributed by atoms with Crippen LogP contribution >= 0.6 is 0 Å². The molecule has 1 aliphatic heterocycles. The van der Waals surface area contributed by atoms with Gasteiger partial charge in [0.15, 0.2) is 0 Å². The quantitative estimate of drug-likeness (QED) is 0.584. The fourth-order valence-corrected chi connectivity index (χ4v) is 3.85. The second kappa shape index (κ2) is 6.04. The molecule has 0 aliphatic carbocycles. The van der Waals surface area contributed by atoms with E-state index in [-0.39, 0.29) is 4.90 Å². The minimum Gasteiger partial charge on any atom is -0.323 e. The maximum Gasteiger partial charge on any atom is 0.246 e. The van der Waals surface area contributed by atoms with Crippen molar-refractivity contribution in [3.8, 4) is 0 Å². The molecule has 0 bridgehead atoms. The average molecular weight is 299 g/mol. The van der Waals surface area contributed by atoms with E-state index in [1.807, 2.05) is 7.05 Å². The van der Waals surface area contributed by atoms with Gasteiger partial charge in [-0.3, -0.25) is 10.8 Å². The molecule has 20 heavy (non-hydrogen) atoms. The zero-order valence-electron chi connectivity index (χ0n) is 11.8. The van der Waals surface area contributed by atoms with E-state index in [2.05, 4.69) is 15.3 Å². The van der Waals surface area contributed by atoms with Crippen LogP contribution in [0.15, 0.2) is 23.4 Å². The molecule has 8 heteroatoms. The van der Waals surface area contributed by atoms with Crippen LogP contribution < -0.4 is 11.3 Å². The van der Waals surface area contributed by atoms with Gasteiger partial charge >= 0.3 is 0 Å². The standard InChI is InChI=1S/C12H21N5O2S/c1-16-6-4-10(8-16)9-17(2)20(18,19)12-7-14-5-3-11(12)15-13/h3,5,7,10H,4,6,8-9,13H2,1-2H3,(H,14,15). The van der Waals surface area contributed by atoms with E-state index in [0.29, 0.717) is 18.2 Å². The van der Waals surface area contributed by atoms with E-state index >= 15 is 0 Å². The summed E-state index contributed by atoms with van der Waals surface area (Å²) in [6, 6.07) is 1.55. The van der Waals surface area contributed by atoms with Gasteiger partial charge in [0.05, 0.1) is 5.69 Å². The molecular weight excluding hydrogens is 278 g/mol. The number of hydrogen-bond donors (Lipinski definition) is 2. The van der Waals surface area contributed by atoms with Crippen molar-refractivity contribution in [1.29, 1.82) is 0 Å². The summed E-state index contributed by atoms with van der Waals surface area (Å²) in [6.45, 7) is 2.45. The number of hydrazine groups is 1. The Morgan fingerprint density at radius 1 is 1.60 bits per heavy atom. The Kier molecular flexibility index (Phi) is 4.59. The Bertz CT molecular complexity index is 563. The van der Waals surface area contributed by atoms with Gasteiger partial charge in [-0.05, 0) is 32.0 Å². The van der Waals surface area contributed by atoms with Crippen molar-refractivity contribution in [3.63, 3.8) is 0 Å². The van der Waals surface area contributed by atoms with Crippen LogP contribution in [0.2, 0.25) is 0 Å². The number of aromatic nitrogens is 1. The van der Waals surface area contributed by atoms with Crippen LogP contribution in [0.3, 0.4) is 0 Å². The summed E-state index contributed by atoms with van der Waals surface area (Å²) < 4.78 is 26.5. The number of rotatable bonds is 5. The van der Waals surface area contributed by atoms with E-state index in [0.717, 1.165) is 19.5 Å². The molecule has 7 nitrogen and oxygen atoms in total. The van der Waals surface area contributed by atoms with Crippen molar-refractivity contribution in [2.24, 2.45) is 11.8 Å². The number of pyridine rings is 1. The number of anilines is 1. The van der Waals surface area contributed by atoms with Crippen LogP contribution in [0.5, 0.6) is 0 Å². The maximum atomic E-state index is 12.6. The summed E-state index contributed by atoms with van der Waals surface area (Å²) in [5.41, 5.74) is 2.76. The van der Waals surface area contributed by atoms with E-state index in [4.69, 9.17) is 5.84 Å². The Balaban J connectivity index is 2.17. The lowest BCUT2D eigenvalue weighted by molar-refractivity contribution is 0.357. The molecule has 2 rings (SSSR count). The van der Waals surface area contributed by atoms with Gasteiger partial charge in [0, 0.05) is 32.5 Å². The zero-order valence-corrected chi connectivity index (χ0v) is 12.6. The van der Waals surface area contributed by atoms with Crippen LogP contribution in [0.25, 0.3) is 0 Å². The van der Waals surface area contributed by atoms with Gasteiger partial charge in [-0.15, -0.1) is 0 Å². The van der Waals surface area contributed by atoms with Crippen molar-refractivity contribution in [1.82, 2.24) is 14.2 Å². The molecule has 1 aromatic rings. The molecule has 1 aromatic heterocycles. The molecule has 0 aromatic carbocycles. The molecule has 1 unspecified atom stereocenters. The van der Waals surface area contributed by atoms with Crippen molar-refractivity contribution in [2.45, 2.75) is 11.3 Å². The molecule has 0 amide bonds. The Morgan fingerprint density at radius 2 is 2.35 bits per heavy atom. The summed E-state index contributed by atoms with van der Waals surface area (Å²) in [4.78, 5) is 6.19. The molecule has 1 fully saturated rings. The van der Waals surface area contributed by atoms with E-state index in [9.17, 15) is 8.42 Å². The maximum absolute atomic E-state index is 12.6. The third-order valence-corrected chi connectivity index (χ3v) is 5.48. The van der Waals surface area contributed by atoms with E-state index in [1.54, 1.807) is 13.1 Å². The Morgan fingerprint density at radius 3 is 2.95 bits per heavy atom. The average Bonchev–Trinajstić information content (AvgIpc) is 2.84.